The molecule has 27 heavy (non-hydrogen) atoms. The quantitative estimate of drug-likeness (QED) is 0.764. The molecule has 1 saturated heterocycles. The van der Waals surface area contributed by atoms with Gasteiger partial charge in [-0.2, -0.15) is 5.10 Å². The fourth-order valence-corrected chi connectivity index (χ4v) is 4.90. The van der Waals surface area contributed by atoms with E-state index in [1.165, 1.54) is 0 Å². The first-order valence-corrected chi connectivity index (χ1v) is 10.4. The van der Waals surface area contributed by atoms with Crippen LogP contribution in [0.2, 0.25) is 0 Å². The van der Waals surface area contributed by atoms with Gasteiger partial charge in [-0.1, -0.05) is 12.1 Å². The van der Waals surface area contributed by atoms with Crippen LogP contribution in [0.15, 0.2) is 35.2 Å². The fourth-order valence-electron chi connectivity index (χ4n) is 3.59. The highest BCUT2D eigenvalue weighted by Crippen LogP contribution is 2.36. The largest absolute Gasteiger partial charge is 0.492 e. The number of sulfonamides is 1. The molecule has 0 radical (unpaired) electrons. The number of nitrogens with one attached hydrogen (secondary N) is 2. The summed E-state index contributed by atoms with van der Waals surface area (Å²) in [6, 6.07) is 8.39. The minimum Gasteiger partial charge on any atom is -0.492 e. The number of aromatic nitrogens is 2. The van der Waals surface area contributed by atoms with E-state index in [1.54, 1.807) is 35.2 Å². The van der Waals surface area contributed by atoms with Gasteiger partial charge in [0, 0.05) is 30.7 Å². The number of rotatable bonds is 1. The van der Waals surface area contributed by atoms with Crippen molar-refractivity contribution in [2.45, 2.75) is 24.7 Å². The van der Waals surface area contributed by atoms with E-state index in [-0.39, 0.29) is 16.2 Å². The van der Waals surface area contributed by atoms with Crippen molar-refractivity contribution >= 4 is 15.9 Å². The molecule has 0 bridgehead atoms. The van der Waals surface area contributed by atoms with Gasteiger partial charge in [-0.25, -0.2) is 13.1 Å². The number of hydrogen-bond donors (Lipinski definition) is 2. The SMILES string of the molecule is Cc1cc(C(=O)N2CCC3(CC2)CNS(=O)(=O)c2ccccc2OC3)n[nH]1. The first-order valence-electron chi connectivity index (χ1n) is 8.91. The molecule has 2 aromatic rings. The van der Waals surface area contributed by atoms with E-state index in [9.17, 15) is 13.2 Å². The molecule has 0 saturated carbocycles. The van der Waals surface area contributed by atoms with E-state index in [2.05, 4.69) is 14.9 Å². The Morgan fingerprint density at radius 2 is 2.00 bits per heavy atom. The minimum absolute atomic E-state index is 0.105. The van der Waals surface area contributed by atoms with Crippen LogP contribution in [0.4, 0.5) is 0 Å². The standard InChI is InChI=1S/C18H22N4O4S/c1-13-10-14(21-20-13)17(23)22-8-6-18(7-9-22)11-19-27(24,25)16-5-3-2-4-15(16)26-12-18/h2-5,10,19H,6-9,11-12H2,1H3,(H,20,21). The number of likely N-dealkylation sites (tertiary alicyclic amines) is 1. The number of ether oxygens (including phenoxy) is 1. The molecule has 0 unspecified atom stereocenters. The molecule has 144 valence electrons. The Labute approximate surface area is 158 Å². The zero-order valence-corrected chi connectivity index (χ0v) is 15.9. The van der Waals surface area contributed by atoms with E-state index in [0.717, 1.165) is 5.69 Å². The number of hydrogen-bond acceptors (Lipinski definition) is 5. The lowest BCUT2D eigenvalue weighted by atomic mass is 9.79. The van der Waals surface area contributed by atoms with Gasteiger partial charge in [0.15, 0.2) is 0 Å². The van der Waals surface area contributed by atoms with Gasteiger partial charge in [0.2, 0.25) is 10.0 Å². The van der Waals surface area contributed by atoms with E-state index < -0.39 is 10.0 Å². The number of carbonyl (C=O) groups is 1. The molecular weight excluding hydrogens is 368 g/mol. The zero-order chi connectivity index (χ0) is 19.1. The van der Waals surface area contributed by atoms with Crippen LogP contribution in [0, 0.1) is 12.3 Å². The average Bonchev–Trinajstić information content (AvgIpc) is 3.11. The molecule has 4 rings (SSSR count). The van der Waals surface area contributed by atoms with Crippen LogP contribution in [0.3, 0.4) is 0 Å². The monoisotopic (exact) mass is 390 g/mol. The molecule has 1 aromatic carbocycles. The summed E-state index contributed by atoms with van der Waals surface area (Å²) in [5.41, 5.74) is 0.916. The highest BCUT2D eigenvalue weighted by atomic mass is 32.2. The third kappa shape index (κ3) is 3.44. The number of fused-ring (bicyclic) bond motifs is 1. The lowest BCUT2D eigenvalue weighted by Gasteiger charge is -2.42. The van der Waals surface area contributed by atoms with Crippen LogP contribution in [0.25, 0.3) is 0 Å². The van der Waals surface area contributed by atoms with E-state index in [0.29, 0.717) is 50.5 Å². The topological polar surface area (TPSA) is 104 Å². The Balaban J connectivity index is 1.49. The van der Waals surface area contributed by atoms with Crippen molar-refractivity contribution < 1.29 is 17.9 Å². The lowest BCUT2D eigenvalue weighted by molar-refractivity contribution is 0.0417. The number of nitrogens with zero attached hydrogens (tertiary/aromatic N) is 2. The number of amides is 1. The zero-order valence-electron chi connectivity index (χ0n) is 15.1. The average molecular weight is 390 g/mol. The summed E-state index contributed by atoms with van der Waals surface area (Å²) in [7, 11) is -3.62. The van der Waals surface area contributed by atoms with Crippen molar-refractivity contribution in [3.05, 3.63) is 41.7 Å². The number of aromatic amines is 1. The molecular formula is C18H22N4O4S. The molecule has 1 aromatic heterocycles. The van der Waals surface area contributed by atoms with Crippen molar-refractivity contribution in [2.75, 3.05) is 26.2 Å². The molecule has 3 heterocycles. The molecule has 9 heteroatoms. The Kier molecular flexibility index (Phi) is 4.43. The van der Waals surface area contributed by atoms with E-state index >= 15 is 0 Å². The number of carbonyl (C=O) groups excluding carboxylic acids is 1. The second kappa shape index (κ2) is 6.65. The number of aryl methyl sites for hydroxylation is 1. The van der Waals surface area contributed by atoms with Crippen molar-refractivity contribution in [1.82, 2.24) is 19.8 Å². The summed E-state index contributed by atoms with van der Waals surface area (Å²) in [4.78, 5) is 14.5. The molecule has 2 aliphatic rings. The summed E-state index contributed by atoms with van der Waals surface area (Å²) in [5.74, 6) is 0.265. The highest BCUT2D eigenvalue weighted by molar-refractivity contribution is 7.89. The maximum Gasteiger partial charge on any atom is 0.274 e. The highest BCUT2D eigenvalue weighted by Gasteiger charge is 2.40. The van der Waals surface area contributed by atoms with Crippen LogP contribution in [-0.2, 0) is 10.0 Å². The summed E-state index contributed by atoms with van der Waals surface area (Å²) in [6.45, 7) is 3.64. The van der Waals surface area contributed by atoms with Gasteiger partial charge in [0.25, 0.3) is 5.91 Å². The van der Waals surface area contributed by atoms with Gasteiger partial charge < -0.3 is 9.64 Å². The smallest absolute Gasteiger partial charge is 0.274 e. The molecule has 1 spiro atoms. The summed E-state index contributed by atoms with van der Waals surface area (Å²) < 4.78 is 33.8. The fraction of sp³-hybridized carbons (Fsp3) is 0.444. The third-order valence-electron chi connectivity index (χ3n) is 5.35. The van der Waals surface area contributed by atoms with Gasteiger partial charge in [0.1, 0.15) is 16.3 Å². The third-order valence-corrected chi connectivity index (χ3v) is 6.79. The number of piperidine rings is 1. The van der Waals surface area contributed by atoms with Crippen LogP contribution >= 0.6 is 0 Å². The van der Waals surface area contributed by atoms with Crippen LogP contribution in [0.1, 0.15) is 29.0 Å². The summed E-state index contributed by atoms with van der Waals surface area (Å²) in [5, 5.41) is 6.82. The number of benzene rings is 1. The first kappa shape index (κ1) is 18.0. The van der Waals surface area contributed by atoms with Crippen molar-refractivity contribution in [1.29, 1.82) is 0 Å². The van der Waals surface area contributed by atoms with Gasteiger partial charge in [-0.15, -0.1) is 0 Å². The normalized spacial score (nSPS) is 21.0. The van der Waals surface area contributed by atoms with Crippen LogP contribution in [-0.4, -0.2) is 55.7 Å². The molecule has 1 amide bonds. The molecule has 2 N–H and O–H groups in total. The van der Waals surface area contributed by atoms with Crippen molar-refractivity contribution in [3.63, 3.8) is 0 Å². The molecule has 0 atom stereocenters. The molecule has 2 aliphatic heterocycles. The molecule has 1 fully saturated rings. The predicted octanol–water partition coefficient (Wildman–Crippen LogP) is 1.31. The lowest BCUT2D eigenvalue weighted by Crippen LogP contribution is -2.51. The van der Waals surface area contributed by atoms with Crippen LogP contribution in [0.5, 0.6) is 5.75 Å². The number of H-pyrrole nitrogens is 1. The maximum atomic E-state index is 12.6. The van der Waals surface area contributed by atoms with Crippen LogP contribution < -0.4 is 9.46 Å². The Morgan fingerprint density at radius 3 is 2.70 bits per heavy atom. The summed E-state index contributed by atoms with van der Waals surface area (Å²) >= 11 is 0. The maximum absolute atomic E-state index is 12.6. The van der Waals surface area contributed by atoms with Gasteiger partial charge in [-0.05, 0) is 38.0 Å². The second-order valence-electron chi connectivity index (χ2n) is 7.29. The van der Waals surface area contributed by atoms with E-state index in [4.69, 9.17) is 4.74 Å². The van der Waals surface area contributed by atoms with Crippen molar-refractivity contribution in [2.24, 2.45) is 5.41 Å². The Morgan fingerprint density at radius 1 is 1.26 bits per heavy atom. The Hall–Kier alpha value is -2.39. The van der Waals surface area contributed by atoms with Crippen molar-refractivity contribution in [3.8, 4) is 5.75 Å². The predicted molar refractivity (Wildman–Crippen MR) is 98.0 cm³/mol. The van der Waals surface area contributed by atoms with E-state index in [1.807, 2.05) is 6.92 Å². The number of para-hydroxylation sites is 1. The first-order chi connectivity index (χ1) is 12.9. The summed E-state index contributed by atoms with van der Waals surface area (Å²) in [6.07, 6.45) is 1.32. The van der Waals surface area contributed by atoms with Gasteiger partial charge in [0.05, 0.1) is 6.61 Å². The second-order valence-corrected chi connectivity index (χ2v) is 9.02. The minimum atomic E-state index is -3.62. The molecule has 8 nitrogen and oxygen atoms in total. The van der Waals surface area contributed by atoms with Gasteiger partial charge in [-0.3, -0.25) is 9.89 Å². The Bertz CT molecular complexity index is 961. The van der Waals surface area contributed by atoms with Gasteiger partial charge >= 0.3 is 0 Å². The molecule has 0 aliphatic carbocycles.